The van der Waals surface area contributed by atoms with E-state index in [1.807, 2.05) is 0 Å². The molecule has 0 aromatic heterocycles. The minimum absolute atomic E-state index is 0.173. The molecule has 0 radical (unpaired) electrons. The first-order valence-corrected chi connectivity index (χ1v) is 8.14. The number of hydrogen-bond acceptors (Lipinski definition) is 5. The van der Waals surface area contributed by atoms with Crippen molar-refractivity contribution in [1.82, 2.24) is 5.32 Å². The van der Waals surface area contributed by atoms with E-state index in [1.165, 1.54) is 31.4 Å². The Morgan fingerprint density at radius 2 is 1.54 bits per heavy atom. The standard InChI is InChI=1S/C18H23NO5/c1-12-3-9-15(10-4-12)19-16(20)11-24-18(22)14-7-5-13(6-8-14)17(21)23-2/h5-8,12,15H,3-4,9-11H2,1-2H3,(H,19,20). The molecular weight excluding hydrogens is 310 g/mol. The van der Waals surface area contributed by atoms with Gasteiger partial charge in [-0.05, 0) is 55.9 Å². The van der Waals surface area contributed by atoms with Gasteiger partial charge >= 0.3 is 11.9 Å². The highest BCUT2D eigenvalue weighted by Gasteiger charge is 2.20. The summed E-state index contributed by atoms with van der Waals surface area (Å²) in [5.41, 5.74) is 0.625. The SMILES string of the molecule is COC(=O)c1ccc(C(=O)OCC(=O)NC2CCC(C)CC2)cc1. The Morgan fingerprint density at radius 3 is 2.08 bits per heavy atom. The lowest BCUT2D eigenvalue weighted by atomic mass is 9.87. The minimum atomic E-state index is -0.598. The molecule has 24 heavy (non-hydrogen) atoms. The Morgan fingerprint density at radius 1 is 1.00 bits per heavy atom. The molecule has 0 aliphatic heterocycles. The van der Waals surface area contributed by atoms with Crippen LogP contribution in [0.25, 0.3) is 0 Å². The highest BCUT2D eigenvalue weighted by atomic mass is 16.5. The van der Waals surface area contributed by atoms with Crippen molar-refractivity contribution in [2.45, 2.75) is 38.6 Å². The summed E-state index contributed by atoms with van der Waals surface area (Å²) in [5.74, 6) is -0.645. The fourth-order valence-corrected chi connectivity index (χ4v) is 2.75. The summed E-state index contributed by atoms with van der Waals surface area (Å²) < 4.78 is 9.60. The summed E-state index contributed by atoms with van der Waals surface area (Å²) in [6.07, 6.45) is 4.15. The molecule has 6 heteroatoms. The zero-order chi connectivity index (χ0) is 17.5. The molecule has 1 N–H and O–H groups in total. The summed E-state index contributed by atoms with van der Waals surface area (Å²) in [7, 11) is 1.29. The average molecular weight is 333 g/mol. The van der Waals surface area contributed by atoms with E-state index in [1.54, 1.807) is 0 Å². The molecule has 0 bridgehead atoms. The molecule has 1 amide bonds. The average Bonchev–Trinajstić information content (AvgIpc) is 2.61. The van der Waals surface area contributed by atoms with Crippen LogP contribution < -0.4 is 5.32 Å². The number of hydrogen-bond donors (Lipinski definition) is 1. The van der Waals surface area contributed by atoms with Gasteiger partial charge in [0.15, 0.2) is 6.61 Å². The van der Waals surface area contributed by atoms with E-state index >= 15 is 0 Å². The Labute approximate surface area is 141 Å². The van der Waals surface area contributed by atoms with Crippen LogP contribution in [-0.4, -0.2) is 37.6 Å². The fourth-order valence-electron chi connectivity index (χ4n) is 2.75. The van der Waals surface area contributed by atoms with Crippen LogP contribution in [0.3, 0.4) is 0 Å². The first-order valence-electron chi connectivity index (χ1n) is 8.14. The first-order chi connectivity index (χ1) is 11.5. The second kappa shape index (κ2) is 8.47. The van der Waals surface area contributed by atoms with Crippen LogP contribution in [-0.2, 0) is 14.3 Å². The van der Waals surface area contributed by atoms with Gasteiger partial charge in [0.05, 0.1) is 18.2 Å². The molecule has 1 aliphatic carbocycles. The molecule has 0 heterocycles. The smallest absolute Gasteiger partial charge is 0.338 e. The number of esters is 2. The maximum absolute atomic E-state index is 11.9. The van der Waals surface area contributed by atoms with E-state index < -0.39 is 11.9 Å². The minimum Gasteiger partial charge on any atom is -0.465 e. The molecule has 130 valence electrons. The van der Waals surface area contributed by atoms with Gasteiger partial charge in [0.25, 0.3) is 5.91 Å². The molecular formula is C18H23NO5. The van der Waals surface area contributed by atoms with Crippen LogP contribution in [0, 0.1) is 5.92 Å². The molecule has 2 rings (SSSR count). The van der Waals surface area contributed by atoms with Crippen molar-refractivity contribution in [3.8, 4) is 0 Å². The maximum Gasteiger partial charge on any atom is 0.338 e. The summed E-state index contributed by atoms with van der Waals surface area (Å²) in [6.45, 7) is 1.91. The molecule has 1 aliphatic rings. The number of carbonyl (C=O) groups excluding carboxylic acids is 3. The van der Waals surface area contributed by atoms with Crippen LogP contribution in [0.2, 0.25) is 0 Å². The monoisotopic (exact) mass is 333 g/mol. The van der Waals surface area contributed by atoms with Gasteiger partial charge in [-0.15, -0.1) is 0 Å². The van der Waals surface area contributed by atoms with Gasteiger partial charge in [-0.1, -0.05) is 6.92 Å². The fraction of sp³-hybridized carbons (Fsp3) is 0.500. The molecule has 0 spiro atoms. The van der Waals surface area contributed by atoms with Gasteiger partial charge in [0.2, 0.25) is 0 Å². The number of amides is 1. The lowest BCUT2D eigenvalue weighted by Gasteiger charge is -2.26. The van der Waals surface area contributed by atoms with E-state index in [9.17, 15) is 14.4 Å². The topological polar surface area (TPSA) is 81.7 Å². The third-order valence-corrected chi connectivity index (χ3v) is 4.26. The second-order valence-corrected chi connectivity index (χ2v) is 6.17. The Hall–Kier alpha value is -2.37. The highest BCUT2D eigenvalue weighted by molar-refractivity contribution is 5.94. The van der Waals surface area contributed by atoms with Crippen molar-refractivity contribution in [2.24, 2.45) is 5.92 Å². The van der Waals surface area contributed by atoms with Crippen molar-refractivity contribution >= 4 is 17.8 Å². The molecule has 0 saturated heterocycles. The normalized spacial score (nSPS) is 20.1. The van der Waals surface area contributed by atoms with Crippen LogP contribution >= 0.6 is 0 Å². The first kappa shape index (κ1) is 18.0. The van der Waals surface area contributed by atoms with Crippen molar-refractivity contribution in [3.63, 3.8) is 0 Å². The number of methoxy groups -OCH3 is 1. The Balaban J connectivity index is 1.77. The lowest BCUT2D eigenvalue weighted by molar-refractivity contribution is -0.125. The van der Waals surface area contributed by atoms with E-state index in [-0.39, 0.29) is 24.1 Å². The zero-order valence-electron chi connectivity index (χ0n) is 14.0. The van der Waals surface area contributed by atoms with Crippen LogP contribution in [0.5, 0.6) is 0 Å². The number of carbonyl (C=O) groups is 3. The predicted octanol–water partition coefficient (Wildman–Crippen LogP) is 2.32. The predicted molar refractivity (Wildman–Crippen MR) is 87.6 cm³/mol. The summed E-state index contributed by atoms with van der Waals surface area (Å²) in [5, 5.41) is 2.90. The van der Waals surface area contributed by atoms with E-state index in [4.69, 9.17) is 4.74 Å². The van der Waals surface area contributed by atoms with Crippen molar-refractivity contribution in [3.05, 3.63) is 35.4 Å². The molecule has 0 atom stereocenters. The summed E-state index contributed by atoms with van der Waals surface area (Å²) in [6, 6.07) is 6.06. The largest absolute Gasteiger partial charge is 0.465 e. The molecule has 1 aromatic carbocycles. The molecule has 6 nitrogen and oxygen atoms in total. The van der Waals surface area contributed by atoms with E-state index in [0.717, 1.165) is 25.7 Å². The number of ether oxygens (including phenoxy) is 2. The van der Waals surface area contributed by atoms with E-state index in [2.05, 4.69) is 17.0 Å². The van der Waals surface area contributed by atoms with E-state index in [0.29, 0.717) is 11.5 Å². The molecule has 1 saturated carbocycles. The van der Waals surface area contributed by atoms with Gasteiger partial charge in [-0.25, -0.2) is 9.59 Å². The zero-order valence-corrected chi connectivity index (χ0v) is 14.0. The van der Waals surface area contributed by atoms with Gasteiger partial charge in [0, 0.05) is 6.04 Å². The van der Waals surface area contributed by atoms with Crippen LogP contribution in [0.4, 0.5) is 0 Å². The van der Waals surface area contributed by atoms with Gasteiger partial charge in [0.1, 0.15) is 0 Å². The van der Waals surface area contributed by atoms with Crippen LogP contribution in [0.1, 0.15) is 53.3 Å². The molecule has 0 unspecified atom stereocenters. The number of rotatable bonds is 5. The number of benzene rings is 1. The Bertz CT molecular complexity index is 588. The van der Waals surface area contributed by atoms with Crippen molar-refractivity contribution in [1.29, 1.82) is 0 Å². The Kier molecular flexibility index (Phi) is 6.35. The number of nitrogens with one attached hydrogen (secondary N) is 1. The third-order valence-electron chi connectivity index (χ3n) is 4.26. The maximum atomic E-state index is 11.9. The summed E-state index contributed by atoms with van der Waals surface area (Å²) >= 11 is 0. The van der Waals surface area contributed by atoms with Crippen molar-refractivity contribution in [2.75, 3.05) is 13.7 Å². The second-order valence-electron chi connectivity index (χ2n) is 6.17. The molecule has 1 fully saturated rings. The van der Waals surface area contributed by atoms with Crippen LogP contribution in [0.15, 0.2) is 24.3 Å². The third kappa shape index (κ3) is 5.08. The summed E-state index contributed by atoms with van der Waals surface area (Å²) in [4.78, 5) is 35.1. The van der Waals surface area contributed by atoms with Gasteiger partial charge < -0.3 is 14.8 Å². The lowest BCUT2D eigenvalue weighted by Crippen LogP contribution is -2.39. The molecule has 1 aromatic rings. The quantitative estimate of drug-likeness (QED) is 0.836. The highest BCUT2D eigenvalue weighted by Crippen LogP contribution is 2.23. The van der Waals surface area contributed by atoms with Crippen molar-refractivity contribution < 1.29 is 23.9 Å². The van der Waals surface area contributed by atoms with Gasteiger partial charge in [-0.3, -0.25) is 4.79 Å². The van der Waals surface area contributed by atoms with Gasteiger partial charge in [-0.2, -0.15) is 0 Å².